The van der Waals surface area contributed by atoms with E-state index in [0.717, 1.165) is 13.0 Å². The second-order valence-electron chi connectivity index (χ2n) is 4.61. The van der Waals surface area contributed by atoms with Gasteiger partial charge in [-0.2, -0.15) is 0 Å². The molecule has 0 aromatic heterocycles. The van der Waals surface area contributed by atoms with E-state index in [4.69, 9.17) is 5.73 Å². The number of hydrogen-bond donors (Lipinski definition) is 1. The van der Waals surface area contributed by atoms with E-state index in [2.05, 4.69) is 45.0 Å². The van der Waals surface area contributed by atoms with Crippen molar-refractivity contribution in [3.8, 4) is 0 Å². The van der Waals surface area contributed by atoms with Gasteiger partial charge in [0.1, 0.15) is 0 Å². The number of rotatable bonds is 5. The second-order valence-corrected chi connectivity index (χ2v) is 4.61. The lowest BCUT2D eigenvalue weighted by Crippen LogP contribution is -2.16. The van der Waals surface area contributed by atoms with Crippen molar-refractivity contribution in [3.05, 3.63) is 35.4 Å². The third-order valence-corrected chi connectivity index (χ3v) is 2.92. The highest BCUT2D eigenvalue weighted by atomic mass is 14.5. The van der Waals surface area contributed by atoms with E-state index in [9.17, 15) is 0 Å². The van der Waals surface area contributed by atoms with Crippen molar-refractivity contribution >= 4 is 0 Å². The Labute approximate surface area is 93.7 Å². The van der Waals surface area contributed by atoms with Crippen molar-refractivity contribution < 1.29 is 0 Å². The maximum absolute atomic E-state index is 5.88. The third-order valence-electron chi connectivity index (χ3n) is 2.92. The predicted octanol–water partition coefficient (Wildman–Crippen LogP) is 3.34. The first kappa shape index (κ1) is 12.3. The highest BCUT2D eigenvalue weighted by molar-refractivity contribution is 5.30. The van der Waals surface area contributed by atoms with Gasteiger partial charge in [0.15, 0.2) is 0 Å². The largest absolute Gasteiger partial charge is 0.330 e. The van der Waals surface area contributed by atoms with Crippen LogP contribution < -0.4 is 5.73 Å². The molecule has 1 atom stereocenters. The minimum Gasteiger partial charge on any atom is -0.330 e. The van der Waals surface area contributed by atoms with Crippen LogP contribution in [0, 0.1) is 5.92 Å². The van der Waals surface area contributed by atoms with Crippen LogP contribution in [0.5, 0.6) is 0 Å². The SMILES string of the molecule is CCc1ccccc1C(CN)CC(C)C. The normalized spacial score (nSPS) is 13.1. The Kier molecular flexibility index (Phi) is 4.83. The summed E-state index contributed by atoms with van der Waals surface area (Å²) in [4.78, 5) is 0. The molecule has 1 aromatic rings. The molecule has 1 nitrogen and oxygen atoms in total. The summed E-state index contributed by atoms with van der Waals surface area (Å²) in [5, 5.41) is 0. The molecular weight excluding hydrogens is 182 g/mol. The van der Waals surface area contributed by atoms with E-state index in [1.54, 1.807) is 0 Å². The second kappa shape index (κ2) is 5.92. The molecule has 1 unspecified atom stereocenters. The highest BCUT2D eigenvalue weighted by Gasteiger charge is 2.13. The van der Waals surface area contributed by atoms with Crippen LogP contribution in [-0.2, 0) is 6.42 Å². The highest BCUT2D eigenvalue weighted by Crippen LogP contribution is 2.25. The molecule has 0 amide bonds. The smallest absolute Gasteiger partial charge is 0.000803 e. The minimum atomic E-state index is 0.529. The molecule has 84 valence electrons. The van der Waals surface area contributed by atoms with Crippen molar-refractivity contribution in [3.63, 3.8) is 0 Å². The lowest BCUT2D eigenvalue weighted by molar-refractivity contribution is 0.502. The van der Waals surface area contributed by atoms with Gasteiger partial charge in [-0.05, 0) is 42.3 Å². The van der Waals surface area contributed by atoms with Gasteiger partial charge in [-0.15, -0.1) is 0 Å². The molecule has 0 radical (unpaired) electrons. The molecule has 2 N–H and O–H groups in total. The first-order valence-electron chi connectivity index (χ1n) is 5.96. The van der Waals surface area contributed by atoms with Crippen LogP contribution in [0.15, 0.2) is 24.3 Å². The molecule has 0 fully saturated rings. The lowest BCUT2D eigenvalue weighted by atomic mass is 9.87. The lowest BCUT2D eigenvalue weighted by Gasteiger charge is -2.20. The fourth-order valence-electron chi connectivity index (χ4n) is 2.17. The summed E-state index contributed by atoms with van der Waals surface area (Å²) < 4.78 is 0. The van der Waals surface area contributed by atoms with Gasteiger partial charge in [-0.1, -0.05) is 45.0 Å². The third kappa shape index (κ3) is 3.35. The summed E-state index contributed by atoms with van der Waals surface area (Å²) in [6.07, 6.45) is 2.29. The Bertz CT molecular complexity index is 291. The Morgan fingerprint density at radius 2 is 1.87 bits per heavy atom. The van der Waals surface area contributed by atoms with E-state index in [-0.39, 0.29) is 0 Å². The van der Waals surface area contributed by atoms with Crippen molar-refractivity contribution in [1.29, 1.82) is 0 Å². The summed E-state index contributed by atoms with van der Waals surface area (Å²) in [5.41, 5.74) is 8.78. The zero-order valence-corrected chi connectivity index (χ0v) is 10.2. The van der Waals surface area contributed by atoms with E-state index in [1.807, 2.05) is 0 Å². The molecule has 1 heteroatoms. The van der Waals surface area contributed by atoms with Gasteiger partial charge in [-0.25, -0.2) is 0 Å². The number of hydrogen-bond acceptors (Lipinski definition) is 1. The molecule has 0 saturated carbocycles. The van der Waals surface area contributed by atoms with Crippen molar-refractivity contribution in [2.45, 2.75) is 39.5 Å². The summed E-state index contributed by atoms with van der Waals surface area (Å²) in [6, 6.07) is 8.69. The Morgan fingerprint density at radius 1 is 1.20 bits per heavy atom. The van der Waals surface area contributed by atoms with Crippen LogP contribution in [0.3, 0.4) is 0 Å². The molecule has 0 aliphatic carbocycles. The molecule has 0 saturated heterocycles. The van der Waals surface area contributed by atoms with E-state index < -0.39 is 0 Å². The standard InChI is InChI=1S/C14H23N/c1-4-12-7-5-6-8-14(12)13(10-15)9-11(2)3/h5-8,11,13H,4,9-10,15H2,1-3H3. The van der Waals surface area contributed by atoms with E-state index in [0.29, 0.717) is 11.8 Å². The molecule has 0 spiro atoms. The summed E-state index contributed by atoms with van der Waals surface area (Å²) in [5.74, 6) is 1.24. The van der Waals surface area contributed by atoms with Gasteiger partial charge in [-0.3, -0.25) is 0 Å². The fourth-order valence-corrected chi connectivity index (χ4v) is 2.17. The molecule has 1 aromatic carbocycles. The molecule has 0 aliphatic heterocycles. The van der Waals surface area contributed by atoms with Crippen LogP contribution in [-0.4, -0.2) is 6.54 Å². The zero-order chi connectivity index (χ0) is 11.3. The molecular formula is C14H23N. The van der Waals surface area contributed by atoms with Gasteiger partial charge >= 0.3 is 0 Å². The van der Waals surface area contributed by atoms with E-state index >= 15 is 0 Å². The summed E-state index contributed by atoms with van der Waals surface area (Å²) >= 11 is 0. The number of benzene rings is 1. The molecule has 0 heterocycles. The molecule has 0 aliphatic rings. The van der Waals surface area contributed by atoms with Crippen LogP contribution >= 0.6 is 0 Å². The maximum atomic E-state index is 5.88. The summed E-state index contributed by atoms with van der Waals surface area (Å²) in [6.45, 7) is 7.49. The predicted molar refractivity (Wildman–Crippen MR) is 67.1 cm³/mol. The van der Waals surface area contributed by atoms with E-state index in [1.165, 1.54) is 17.5 Å². The van der Waals surface area contributed by atoms with Crippen molar-refractivity contribution in [2.24, 2.45) is 11.7 Å². The van der Waals surface area contributed by atoms with Gasteiger partial charge in [0, 0.05) is 0 Å². The number of nitrogens with two attached hydrogens (primary N) is 1. The first-order valence-corrected chi connectivity index (χ1v) is 5.96. The van der Waals surface area contributed by atoms with Gasteiger partial charge < -0.3 is 5.73 Å². The Balaban J connectivity index is 2.90. The average molecular weight is 205 g/mol. The number of aryl methyl sites for hydroxylation is 1. The first-order chi connectivity index (χ1) is 7.19. The van der Waals surface area contributed by atoms with Crippen molar-refractivity contribution in [2.75, 3.05) is 6.54 Å². The Morgan fingerprint density at radius 3 is 2.40 bits per heavy atom. The summed E-state index contributed by atoms with van der Waals surface area (Å²) in [7, 11) is 0. The zero-order valence-electron chi connectivity index (χ0n) is 10.2. The maximum Gasteiger partial charge on any atom is -0.000803 e. The van der Waals surface area contributed by atoms with Gasteiger partial charge in [0.25, 0.3) is 0 Å². The van der Waals surface area contributed by atoms with Crippen LogP contribution in [0.2, 0.25) is 0 Å². The monoisotopic (exact) mass is 205 g/mol. The molecule has 1 rings (SSSR count). The Hall–Kier alpha value is -0.820. The van der Waals surface area contributed by atoms with Crippen LogP contribution in [0.25, 0.3) is 0 Å². The van der Waals surface area contributed by atoms with Gasteiger partial charge in [0.05, 0.1) is 0 Å². The topological polar surface area (TPSA) is 26.0 Å². The van der Waals surface area contributed by atoms with Crippen LogP contribution in [0.4, 0.5) is 0 Å². The van der Waals surface area contributed by atoms with Crippen LogP contribution in [0.1, 0.15) is 44.2 Å². The fraction of sp³-hybridized carbons (Fsp3) is 0.571. The van der Waals surface area contributed by atoms with Crippen molar-refractivity contribution in [1.82, 2.24) is 0 Å². The van der Waals surface area contributed by atoms with Gasteiger partial charge in [0.2, 0.25) is 0 Å². The molecule has 0 bridgehead atoms. The minimum absolute atomic E-state index is 0.529. The average Bonchev–Trinajstić information content (AvgIpc) is 2.25. The molecule has 15 heavy (non-hydrogen) atoms. The quantitative estimate of drug-likeness (QED) is 0.784.